The summed E-state index contributed by atoms with van der Waals surface area (Å²) in [5.74, 6) is 0. The molecule has 0 amide bonds. The number of hydrogen-bond acceptors (Lipinski definition) is 6. The van der Waals surface area contributed by atoms with Crippen LogP contribution in [0, 0.1) is 45.3 Å². The lowest BCUT2D eigenvalue weighted by Gasteiger charge is -2.15. The van der Waals surface area contributed by atoms with E-state index in [2.05, 4.69) is 81.3 Å². The second-order valence-corrected chi connectivity index (χ2v) is 12.0. The number of benzene rings is 5. The lowest BCUT2D eigenvalue weighted by molar-refractivity contribution is 1.18. The van der Waals surface area contributed by atoms with Crippen molar-refractivity contribution < 1.29 is 0 Å². The van der Waals surface area contributed by atoms with Gasteiger partial charge >= 0.3 is 0 Å². The Labute approximate surface area is 293 Å². The third kappa shape index (κ3) is 5.50. The first-order valence-electron chi connectivity index (χ1n) is 16.0. The summed E-state index contributed by atoms with van der Waals surface area (Å²) in [6.45, 7) is 0. The Morgan fingerprint density at radius 3 is 1.47 bits per heavy atom. The van der Waals surface area contributed by atoms with Crippen LogP contribution >= 0.6 is 0 Å². The molecule has 0 saturated carbocycles. The molecule has 0 fully saturated rings. The van der Waals surface area contributed by atoms with Crippen LogP contribution < -0.4 is 0 Å². The van der Waals surface area contributed by atoms with E-state index in [0.717, 1.165) is 72.3 Å². The van der Waals surface area contributed by atoms with Gasteiger partial charge in [0.2, 0.25) is 0 Å². The molecule has 8 rings (SSSR count). The Hall–Kier alpha value is -7.84. The Morgan fingerprint density at radius 2 is 0.941 bits per heavy atom. The van der Waals surface area contributed by atoms with Crippen molar-refractivity contribution in [2.45, 2.75) is 0 Å². The van der Waals surface area contributed by atoms with Gasteiger partial charge in [0.25, 0.3) is 0 Å². The van der Waals surface area contributed by atoms with E-state index in [1.807, 2.05) is 48.5 Å². The molecule has 0 atom stereocenters. The normalized spacial score (nSPS) is 10.7. The van der Waals surface area contributed by atoms with Gasteiger partial charge in [-0.15, -0.1) is 0 Å². The summed E-state index contributed by atoms with van der Waals surface area (Å²) < 4.78 is 2.24. The molecule has 7 heteroatoms. The zero-order chi connectivity index (χ0) is 34.9. The molecular weight excluding hydrogens is 627 g/mol. The van der Waals surface area contributed by atoms with Gasteiger partial charge in [-0.3, -0.25) is 9.97 Å². The largest absolute Gasteiger partial charge is 0.309 e. The minimum Gasteiger partial charge on any atom is -0.309 e. The van der Waals surface area contributed by atoms with Crippen LogP contribution in [0.25, 0.3) is 72.3 Å². The maximum Gasteiger partial charge on any atom is 0.0992 e. The summed E-state index contributed by atoms with van der Waals surface area (Å²) in [6, 6.07) is 49.5. The van der Waals surface area contributed by atoms with E-state index in [-0.39, 0.29) is 0 Å². The topological polar surface area (TPSA) is 126 Å². The quantitative estimate of drug-likeness (QED) is 0.183. The van der Waals surface area contributed by atoms with E-state index >= 15 is 0 Å². The summed E-state index contributed by atoms with van der Waals surface area (Å²) in [4.78, 5) is 9.11. The van der Waals surface area contributed by atoms with E-state index < -0.39 is 0 Å². The molecule has 0 unspecified atom stereocenters. The van der Waals surface area contributed by atoms with Crippen molar-refractivity contribution in [3.05, 3.63) is 162 Å². The third-order valence-corrected chi connectivity index (χ3v) is 8.96. The van der Waals surface area contributed by atoms with Crippen molar-refractivity contribution in [3.8, 4) is 74.7 Å². The molecule has 0 aliphatic rings. The summed E-state index contributed by atoms with van der Waals surface area (Å²) in [6.07, 6.45) is 3.56. The van der Waals surface area contributed by atoms with Crippen LogP contribution in [-0.4, -0.2) is 14.5 Å². The number of rotatable bonds is 5. The SMILES string of the molecule is N#Cc1cc(C#N)cc(-c2ccc3c(c2)c2cc(-c4cc(C#N)cc(C#N)c4)ccc2n3-c2ccccc2-c2ccnc(-c3ccccn3)c2)c1. The molecular formula is C44H23N7. The van der Waals surface area contributed by atoms with Crippen LogP contribution in [0.15, 0.2) is 140 Å². The van der Waals surface area contributed by atoms with Gasteiger partial charge in [0, 0.05) is 28.7 Å². The molecule has 51 heavy (non-hydrogen) atoms. The Bertz CT molecular complexity index is 2660. The molecule has 0 bridgehead atoms. The number of nitriles is 4. The monoisotopic (exact) mass is 649 g/mol. The minimum atomic E-state index is 0.413. The number of hydrogen-bond donors (Lipinski definition) is 0. The van der Waals surface area contributed by atoms with E-state index in [1.54, 1.807) is 48.8 Å². The van der Waals surface area contributed by atoms with Gasteiger partial charge in [0.05, 0.1) is 74.6 Å². The fourth-order valence-corrected chi connectivity index (χ4v) is 6.65. The van der Waals surface area contributed by atoms with Crippen LogP contribution in [0.3, 0.4) is 0 Å². The number of aromatic nitrogens is 3. The zero-order valence-corrected chi connectivity index (χ0v) is 26.9. The highest BCUT2D eigenvalue weighted by atomic mass is 15.0. The van der Waals surface area contributed by atoms with Crippen molar-refractivity contribution in [2.75, 3.05) is 0 Å². The third-order valence-electron chi connectivity index (χ3n) is 8.96. The van der Waals surface area contributed by atoms with Gasteiger partial charge in [0.15, 0.2) is 0 Å². The lowest BCUT2D eigenvalue weighted by atomic mass is 9.97. The van der Waals surface area contributed by atoms with E-state index in [0.29, 0.717) is 22.3 Å². The van der Waals surface area contributed by atoms with Gasteiger partial charge in [-0.1, -0.05) is 36.4 Å². The van der Waals surface area contributed by atoms with Crippen LogP contribution in [0.2, 0.25) is 0 Å². The zero-order valence-electron chi connectivity index (χ0n) is 26.9. The molecule has 5 aromatic carbocycles. The molecule has 0 aliphatic heterocycles. The molecule has 0 spiro atoms. The van der Waals surface area contributed by atoms with E-state index in [4.69, 9.17) is 0 Å². The summed E-state index contributed by atoms with van der Waals surface area (Å²) >= 11 is 0. The van der Waals surface area contributed by atoms with E-state index in [1.165, 1.54) is 0 Å². The van der Waals surface area contributed by atoms with Crippen molar-refractivity contribution in [3.63, 3.8) is 0 Å². The average Bonchev–Trinajstić information content (AvgIpc) is 3.53. The molecule has 0 aliphatic carbocycles. The molecule has 3 heterocycles. The minimum absolute atomic E-state index is 0.413. The number of para-hydroxylation sites is 1. The summed E-state index contributed by atoms with van der Waals surface area (Å²) in [5, 5.41) is 40.6. The van der Waals surface area contributed by atoms with Crippen LogP contribution in [0.1, 0.15) is 22.3 Å². The number of fused-ring (bicyclic) bond motifs is 3. The fourth-order valence-electron chi connectivity index (χ4n) is 6.65. The smallest absolute Gasteiger partial charge is 0.0992 e. The molecule has 0 N–H and O–H groups in total. The predicted octanol–water partition coefficient (Wildman–Crippen LogP) is 9.73. The van der Waals surface area contributed by atoms with Gasteiger partial charge in [0.1, 0.15) is 0 Å². The van der Waals surface area contributed by atoms with Crippen LogP contribution in [0.5, 0.6) is 0 Å². The summed E-state index contributed by atoms with van der Waals surface area (Å²) in [7, 11) is 0. The number of nitrogens with zero attached hydrogens (tertiary/aromatic N) is 7. The Balaban J connectivity index is 1.39. The van der Waals surface area contributed by atoms with Crippen molar-refractivity contribution in [2.24, 2.45) is 0 Å². The molecule has 7 nitrogen and oxygen atoms in total. The molecule has 234 valence electrons. The second-order valence-electron chi connectivity index (χ2n) is 12.0. The van der Waals surface area contributed by atoms with E-state index in [9.17, 15) is 21.0 Å². The molecule has 0 radical (unpaired) electrons. The van der Waals surface area contributed by atoms with Crippen molar-refractivity contribution in [1.29, 1.82) is 21.0 Å². The van der Waals surface area contributed by atoms with Gasteiger partial charge in [-0.05, 0) is 119 Å². The Kier molecular flexibility index (Phi) is 7.56. The van der Waals surface area contributed by atoms with Crippen molar-refractivity contribution in [1.82, 2.24) is 14.5 Å². The first kappa shape index (κ1) is 30.5. The Morgan fingerprint density at radius 1 is 0.412 bits per heavy atom. The van der Waals surface area contributed by atoms with Crippen LogP contribution in [-0.2, 0) is 0 Å². The number of pyridine rings is 2. The second kappa shape index (κ2) is 12.6. The first-order chi connectivity index (χ1) is 25.1. The highest BCUT2D eigenvalue weighted by Crippen LogP contribution is 2.40. The molecule has 3 aromatic heterocycles. The van der Waals surface area contributed by atoms with Crippen molar-refractivity contribution >= 4 is 21.8 Å². The molecule has 0 saturated heterocycles. The highest BCUT2D eigenvalue weighted by molar-refractivity contribution is 6.12. The summed E-state index contributed by atoms with van der Waals surface area (Å²) in [5.41, 5.74) is 11.3. The first-order valence-corrected chi connectivity index (χ1v) is 16.0. The maximum atomic E-state index is 9.68. The van der Waals surface area contributed by atoms with Gasteiger partial charge < -0.3 is 4.57 Å². The molecule has 8 aromatic rings. The van der Waals surface area contributed by atoms with Gasteiger partial charge in [-0.2, -0.15) is 21.0 Å². The fraction of sp³-hybridized carbons (Fsp3) is 0. The average molecular weight is 650 g/mol. The van der Waals surface area contributed by atoms with Crippen LogP contribution in [0.4, 0.5) is 0 Å². The van der Waals surface area contributed by atoms with Gasteiger partial charge in [-0.25, -0.2) is 0 Å². The lowest BCUT2D eigenvalue weighted by Crippen LogP contribution is -1.98. The predicted molar refractivity (Wildman–Crippen MR) is 197 cm³/mol. The standard InChI is InChI=1S/C44H23N7/c45-24-28-15-29(25-46)18-35(17-28)32-8-10-43-38(21-32)39-22-33(36-19-30(26-47)16-31(20-36)27-48)9-11-44(39)51(43)42-7-2-1-5-37(42)34-12-14-50-41(23-34)40-6-3-4-13-49-40/h1-23H. The maximum absolute atomic E-state index is 9.68. The highest BCUT2D eigenvalue weighted by Gasteiger charge is 2.18.